The summed E-state index contributed by atoms with van der Waals surface area (Å²) in [5.41, 5.74) is -0.552. The van der Waals surface area contributed by atoms with Gasteiger partial charge in [-0.15, -0.1) is 0 Å². The molecule has 0 unspecified atom stereocenters. The molecule has 4 N–H and O–H groups in total. The molecule has 0 spiro atoms. The number of carbonyl (C=O) groups excluding carboxylic acids is 1. The molecule has 0 aliphatic rings. The van der Waals surface area contributed by atoms with Crippen LogP contribution in [0.15, 0.2) is 12.1 Å². The molecule has 0 aromatic carbocycles. The normalized spacial score (nSPS) is 11.8. The molecular formula is C13H19ClN2O4. The van der Waals surface area contributed by atoms with E-state index >= 15 is 0 Å². The second-order valence-electron chi connectivity index (χ2n) is 4.97. The summed E-state index contributed by atoms with van der Waals surface area (Å²) in [5, 5.41) is 30.2. The number of amides is 1. The van der Waals surface area contributed by atoms with Crippen LogP contribution in [0, 0.1) is 0 Å². The Hall–Kier alpha value is -1.21. The van der Waals surface area contributed by atoms with Gasteiger partial charge in [0, 0.05) is 11.3 Å². The van der Waals surface area contributed by atoms with Crippen molar-refractivity contribution in [3.63, 3.8) is 0 Å². The summed E-state index contributed by atoms with van der Waals surface area (Å²) in [6, 6.07) is 2.97. The molecule has 0 bridgehead atoms. The number of pyridine rings is 1. The Morgan fingerprint density at radius 2 is 1.85 bits per heavy atom. The Bertz CT molecular complexity index is 467. The van der Waals surface area contributed by atoms with Gasteiger partial charge in [0.05, 0.1) is 19.8 Å². The molecule has 0 radical (unpaired) electrons. The van der Waals surface area contributed by atoms with Crippen LogP contribution in [0.25, 0.3) is 0 Å². The fourth-order valence-corrected chi connectivity index (χ4v) is 1.74. The highest BCUT2D eigenvalue weighted by atomic mass is 35.5. The second kappa shape index (κ2) is 6.99. The molecule has 0 saturated heterocycles. The van der Waals surface area contributed by atoms with Gasteiger partial charge in [-0.05, 0) is 18.1 Å². The average Bonchev–Trinajstić information content (AvgIpc) is 2.44. The molecule has 0 fully saturated rings. The van der Waals surface area contributed by atoms with Gasteiger partial charge in [-0.3, -0.25) is 4.79 Å². The van der Waals surface area contributed by atoms with E-state index in [-0.39, 0.29) is 16.6 Å². The Morgan fingerprint density at radius 3 is 2.30 bits per heavy atom. The minimum atomic E-state index is -1.47. The quantitative estimate of drug-likeness (QED) is 0.566. The van der Waals surface area contributed by atoms with Gasteiger partial charge in [0.2, 0.25) is 0 Å². The molecule has 1 amide bonds. The Morgan fingerprint density at radius 1 is 1.30 bits per heavy atom. The maximum atomic E-state index is 12.1. The summed E-state index contributed by atoms with van der Waals surface area (Å²) >= 11 is 5.87. The van der Waals surface area contributed by atoms with Crippen LogP contribution in [-0.4, -0.2) is 51.6 Å². The van der Waals surface area contributed by atoms with E-state index in [4.69, 9.17) is 11.6 Å². The molecule has 0 saturated carbocycles. The monoisotopic (exact) mass is 302 g/mol. The molecule has 1 rings (SSSR count). The maximum absolute atomic E-state index is 12.1. The van der Waals surface area contributed by atoms with Crippen molar-refractivity contribution in [1.29, 1.82) is 0 Å². The van der Waals surface area contributed by atoms with Gasteiger partial charge >= 0.3 is 0 Å². The van der Waals surface area contributed by atoms with Gasteiger partial charge in [0.25, 0.3) is 5.91 Å². The van der Waals surface area contributed by atoms with Gasteiger partial charge in [-0.2, -0.15) is 0 Å². The highest BCUT2D eigenvalue weighted by Crippen LogP contribution is 2.18. The molecule has 7 heteroatoms. The van der Waals surface area contributed by atoms with E-state index in [0.29, 0.717) is 5.69 Å². The molecule has 1 aromatic rings. The lowest BCUT2D eigenvalue weighted by Crippen LogP contribution is -2.57. The summed E-state index contributed by atoms with van der Waals surface area (Å²) in [5.74, 6) is -0.452. The number of aromatic nitrogens is 1. The number of aliphatic hydroxyl groups excluding tert-OH is 3. The summed E-state index contributed by atoms with van der Waals surface area (Å²) in [6.07, 6.45) is 0. The number of aliphatic hydroxyl groups is 3. The smallest absolute Gasteiger partial charge is 0.252 e. The van der Waals surface area contributed by atoms with Crippen molar-refractivity contribution in [1.82, 2.24) is 10.3 Å². The number of rotatable bonds is 6. The molecule has 112 valence electrons. The van der Waals surface area contributed by atoms with E-state index < -0.39 is 31.3 Å². The van der Waals surface area contributed by atoms with E-state index in [9.17, 15) is 20.1 Å². The van der Waals surface area contributed by atoms with E-state index in [2.05, 4.69) is 10.3 Å². The molecule has 0 aliphatic carbocycles. The highest BCUT2D eigenvalue weighted by molar-refractivity contribution is 6.29. The lowest BCUT2D eigenvalue weighted by atomic mass is 10.0. The number of hydrogen-bond acceptors (Lipinski definition) is 5. The van der Waals surface area contributed by atoms with Gasteiger partial charge in [-0.25, -0.2) is 4.98 Å². The molecular weight excluding hydrogens is 284 g/mol. The Balaban J connectivity index is 3.03. The van der Waals surface area contributed by atoms with Crippen LogP contribution in [0.1, 0.15) is 35.8 Å². The maximum Gasteiger partial charge on any atom is 0.252 e. The van der Waals surface area contributed by atoms with Gasteiger partial charge in [-0.1, -0.05) is 25.4 Å². The van der Waals surface area contributed by atoms with Crippen molar-refractivity contribution in [3.05, 3.63) is 28.5 Å². The van der Waals surface area contributed by atoms with Crippen LogP contribution in [-0.2, 0) is 0 Å². The largest absolute Gasteiger partial charge is 0.394 e. The molecule has 20 heavy (non-hydrogen) atoms. The predicted molar refractivity (Wildman–Crippen MR) is 74.8 cm³/mol. The number of carbonyl (C=O) groups is 1. The van der Waals surface area contributed by atoms with E-state index in [1.807, 2.05) is 13.8 Å². The van der Waals surface area contributed by atoms with Crippen LogP contribution in [0.2, 0.25) is 5.15 Å². The molecule has 1 heterocycles. The fraction of sp³-hybridized carbons (Fsp3) is 0.538. The first-order valence-corrected chi connectivity index (χ1v) is 6.58. The summed E-state index contributed by atoms with van der Waals surface area (Å²) in [7, 11) is 0. The highest BCUT2D eigenvalue weighted by Gasteiger charge is 2.30. The number of nitrogens with zero attached hydrogens (tertiary/aromatic N) is 1. The lowest BCUT2D eigenvalue weighted by molar-refractivity contribution is 0.0375. The molecule has 1 aromatic heterocycles. The second-order valence-corrected chi connectivity index (χ2v) is 5.35. The number of hydrogen-bond donors (Lipinski definition) is 4. The third-order valence-electron chi connectivity index (χ3n) is 2.95. The first-order chi connectivity index (χ1) is 9.37. The predicted octanol–water partition coefficient (Wildman–Crippen LogP) is 0.304. The summed E-state index contributed by atoms with van der Waals surface area (Å²) in [6.45, 7) is 2.09. The third-order valence-corrected chi connectivity index (χ3v) is 3.15. The third kappa shape index (κ3) is 3.89. The van der Waals surface area contributed by atoms with Crippen LogP contribution < -0.4 is 5.32 Å². The summed E-state index contributed by atoms with van der Waals surface area (Å²) in [4.78, 5) is 16.2. The van der Waals surface area contributed by atoms with Crippen LogP contribution in [0.3, 0.4) is 0 Å². The Labute approximate surface area is 122 Å². The average molecular weight is 303 g/mol. The van der Waals surface area contributed by atoms with Crippen LogP contribution in [0.4, 0.5) is 0 Å². The zero-order valence-corrected chi connectivity index (χ0v) is 12.2. The van der Waals surface area contributed by atoms with Gasteiger partial charge in [0.15, 0.2) is 0 Å². The van der Waals surface area contributed by atoms with E-state index in [1.54, 1.807) is 6.07 Å². The van der Waals surface area contributed by atoms with Crippen molar-refractivity contribution >= 4 is 17.5 Å². The zero-order valence-electron chi connectivity index (χ0n) is 11.4. The first kappa shape index (κ1) is 16.8. The van der Waals surface area contributed by atoms with E-state index in [1.165, 1.54) is 6.07 Å². The van der Waals surface area contributed by atoms with Crippen molar-refractivity contribution < 1.29 is 20.1 Å². The SMILES string of the molecule is CC(C)c1cc(C(=O)NC(CO)(CO)CO)cc(Cl)n1. The minimum Gasteiger partial charge on any atom is -0.394 e. The van der Waals surface area contributed by atoms with Crippen molar-refractivity contribution in [2.24, 2.45) is 0 Å². The first-order valence-electron chi connectivity index (χ1n) is 6.20. The van der Waals surface area contributed by atoms with Crippen molar-refractivity contribution in [3.8, 4) is 0 Å². The van der Waals surface area contributed by atoms with Crippen molar-refractivity contribution in [2.45, 2.75) is 25.3 Å². The van der Waals surface area contributed by atoms with Crippen LogP contribution >= 0.6 is 11.6 Å². The Kier molecular flexibility index (Phi) is 5.88. The molecule has 0 aliphatic heterocycles. The topological polar surface area (TPSA) is 103 Å². The van der Waals surface area contributed by atoms with E-state index in [0.717, 1.165) is 0 Å². The van der Waals surface area contributed by atoms with Gasteiger partial charge in [0.1, 0.15) is 10.7 Å². The molecule has 6 nitrogen and oxygen atoms in total. The number of nitrogens with one attached hydrogen (secondary N) is 1. The van der Waals surface area contributed by atoms with Crippen molar-refractivity contribution in [2.75, 3.05) is 19.8 Å². The standard InChI is InChI=1S/C13H19ClN2O4/c1-8(2)10-3-9(4-11(14)15-10)12(20)16-13(5-17,6-18)7-19/h3-4,8,17-19H,5-7H2,1-2H3,(H,16,20). The fourth-order valence-electron chi connectivity index (χ4n) is 1.53. The zero-order chi connectivity index (χ0) is 15.3. The summed E-state index contributed by atoms with van der Waals surface area (Å²) < 4.78 is 0. The number of halogens is 1. The van der Waals surface area contributed by atoms with Crippen LogP contribution in [0.5, 0.6) is 0 Å². The molecule has 0 atom stereocenters. The minimum absolute atomic E-state index is 0.0959. The van der Waals surface area contributed by atoms with Gasteiger partial charge < -0.3 is 20.6 Å². The lowest BCUT2D eigenvalue weighted by Gasteiger charge is -2.28.